The Morgan fingerprint density at radius 3 is 1.96 bits per heavy atom. The highest BCUT2D eigenvalue weighted by Crippen LogP contribution is 2.42. The first-order valence-corrected chi connectivity index (χ1v) is 19.2. The maximum atomic E-state index is 12.6. The Morgan fingerprint density at radius 1 is 0.796 bits per heavy atom. The van der Waals surface area contributed by atoms with Crippen molar-refractivity contribution < 1.29 is 49.6 Å². The molecule has 16 heteroatoms. The Balaban J connectivity index is 1.82. The van der Waals surface area contributed by atoms with Crippen molar-refractivity contribution in [2.45, 2.75) is 53.6 Å². The Labute approximate surface area is 286 Å². The molecule has 3 aromatic rings. The lowest BCUT2D eigenvalue weighted by Crippen LogP contribution is -2.35. The number of allylic oxidation sites excluding steroid dienone is 2. The number of hydrogen-bond acceptors (Lipinski definition) is 12. The summed E-state index contributed by atoms with van der Waals surface area (Å²) >= 11 is 0. The van der Waals surface area contributed by atoms with Crippen molar-refractivity contribution in [3.05, 3.63) is 71.3 Å². The number of ether oxygens (including phenoxy) is 2. The van der Waals surface area contributed by atoms with E-state index in [1.807, 2.05) is 44.9 Å². The summed E-state index contributed by atoms with van der Waals surface area (Å²) in [5.74, 6) is -0.776. The summed E-state index contributed by atoms with van der Waals surface area (Å²) in [6, 6.07) is 10.3. The summed E-state index contributed by atoms with van der Waals surface area (Å²) in [6.07, 6.45) is 5.54. The van der Waals surface area contributed by atoms with Gasteiger partial charge in [-0.25, -0.2) is 35.6 Å². The van der Waals surface area contributed by atoms with Crippen LogP contribution in [-0.4, -0.2) is 80.3 Å². The summed E-state index contributed by atoms with van der Waals surface area (Å²) < 4.78 is 82.8. The molecule has 1 aliphatic heterocycles. The average molecular weight is 718 g/mol. The van der Waals surface area contributed by atoms with Crippen LogP contribution in [-0.2, 0) is 42.8 Å². The van der Waals surface area contributed by atoms with Gasteiger partial charge in [-0.3, -0.25) is 0 Å². The van der Waals surface area contributed by atoms with Gasteiger partial charge in [0.2, 0.25) is 0 Å². The fourth-order valence-electron chi connectivity index (χ4n) is 5.92. The second-order valence-corrected chi connectivity index (χ2v) is 14.2. The molecule has 0 unspecified atom stereocenters. The number of aromatic nitrogens is 2. The van der Waals surface area contributed by atoms with Gasteiger partial charge in [0.25, 0.3) is 5.82 Å². The largest absolute Gasteiger partial charge is 0.748 e. The van der Waals surface area contributed by atoms with Gasteiger partial charge in [-0.1, -0.05) is 6.08 Å². The van der Waals surface area contributed by atoms with Crippen LogP contribution in [0.25, 0.3) is 17.1 Å². The molecule has 0 spiro atoms. The summed E-state index contributed by atoms with van der Waals surface area (Å²) in [4.78, 5) is 29.0. The maximum absolute atomic E-state index is 12.6. The number of esters is 2. The molecule has 49 heavy (non-hydrogen) atoms. The van der Waals surface area contributed by atoms with Crippen LogP contribution in [0.4, 0.5) is 11.4 Å². The van der Waals surface area contributed by atoms with Crippen LogP contribution in [0.3, 0.4) is 0 Å². The van der Waals surface area contributed by atoms with Gasteiger partial charge >= 0.3 is 11.9 Å². The van der Waals surface area contributed by atoms with Crippen molar-refractivity contribution in [2.24, 2.45) is 0 Å². The van der Waals surface area contributed by atoms with Crippen LogP contribution >= 0.6 is 0 Å². The number of nitrogens with zero attached hydrogens (tertiary/aromatic N) is 4. The SMILES string of the molecule is CCOC(=O)c1ccc2c(c1)N(CCCS(=O)(=O)[O-])/C(=C\C=C\c1n(CCCS(=O)(=O)[O-])c3cc(C(=O)OCC)ccc3[n+]1CC)N2CC. The summed E-state index contributed by atoms with van der Waals surface area (Å²) in [7, 11) is -8.91. The van der Waals surface area contributed by atoms with Crippen molar-refractivity contribution in [1.82, 2.24) is 4.57 Å². The fraction of sp³-hybridized carbons (Fsp3) is 0.424. The van der Waals surface area contributed by atoms with E-state index >= 15 is 0 Å². The number of carbonyl (C=O) groups excluding carboxylic acids is 2. The molecule has 0 fully saturated rings. The lowest BCUT2D eigenvalue weighted by Gasteiger charge is -2.24. The molecule has 0 saturated carbocycles. The van der Waals surface area contributed by atoms with Crippen molar-refractivity contribution >= 4 is 60.7 Å². The molecule has 0 atom stereocenters. The molecule has 2 aromatic carbocycles. The van der Waals surface area contributed by atoms with Crippen LogP contribution in [0, 0.1) is 0 Å². The lowest BCUT2D eigenvalue weighted by molar-refractivity contribution is -0.670. The third kappa shape index (κ3) is 9.06. The number of benzene rings is 2. The van der Waals surface area contributed by atoms with E-state index in [0.717, 1.165) is 11.2 Å². The predicted molar refractivity (Wildman–Crippen MR) is 182 cm³/mol. The minimum Gasteiger partial charge on any atom is -0.748 e. The highest BCUT2D eigenvalue weighted by atomic mass is 32.2. The van der Waals surface area contributed by atoms with Crippen molar-refractivity contribution in [3.8, 4) is 0 Å². The highest BCUT2D eigenvalue weighted by molar-refractivity contribution is 7.85. The van der Waals surface area contributed by atoms with Crippen LogP contribution < -0.4 is 14.4 Å². The Hall–Kier alpha value is -4.25. The molecular weight excluding hydrogens is 677 g/mol. The summed E-state index contributed by atoms with van der Waals surface area (Å²) in [5.41, 5.74) is 3.51. The third-order valence-corrected chi connectivity index (χ3v) is 9.49. The number of anilines is 2. The zero-order chi connectivity index (χ0) is 35.9. The normalized spacial score (nSPS) is 14.3. The molecule has 0 amide bonds. The van der Waals surface area contributed by atoms with Crippen LogP contribution in [0.2, 0.25) is 0 Å². The third-order valence-electron chi connectivity index (χ3n) is 7.92. The molecule has 0 bridgehead atoms. The minimum atomic E-state index is -4.46. The van der Waals surface area contributed by atoms with Gasteiger partial charge < -0.3 is 28.4 Å². The monoisotopic (exact) mass is 717 g/mol. The molecule has 2 heterocycles. The first-order chi connectivity index (χ1) is 23.2. The van der Waals surface area contributed by atoms with Gasteiger partial charge in [0.15, 0.2) is 11.0 Å². The van der Waals surface area contributed by atoms with E-state index in [-0.39, 0.29) is 39.1 Å². The van der Waals surface area contributed by atoms with Gasteiger partial charge in [-0.05, 0) is 76.9 Å². The molecule has 0 aliphatic carbocycles. The standard InChI is InChI=1S/C33H42N4O10S2/c1-5-34-26-16-14-24(32(38)46-7-3)22-28(26)36(18-10-20-48(40,41)42)30(34)12-9-13-31-35(6-2)27-17-15-25(33(39)47-8-4)23-29(27)37(31)19-11-21-49(43,44)45/h9,12-17,22-23H,5-8,10-11,18-21H2,1-4H3,(H-,40,41,42,43,44,45)/p-1. The molecule has 0 saturated heterocycles. The van der Waals surface area contributed by atoms with Gasteiger partial charge in [0, 0.05) is 36.7 Å². The number of rotatable bonds is 16. The molecule has 0 radical (unpaired) electrons. The Bertz CT molecular complexity index is 1990. The Kier molecular flexibility index (Phi) is 12.2. The van der Waals surface area contributed by atoms with Gasteiger partial charge in [-0.15, -0.1) is 0 Å². The zero-order valence-electron chi connectivity index (χ0n) is 28.0. The molecule has 0 N–H and O–H groups in total. The van der Waals surface area contributed by atoms with Crippen molar-refractivity contribution in [2.75, 3.05) is 47.6 Å². The van der Waals surface area contributed by atoms with Gasteiger partial charge in [0.05, 0.1) is 69.0 Å². The highest BCUT2D eigenvalue weighted by Gasteiger charge is 2.31. The number of imidazole rings is 1. The van der Waals surface area contributed by atoms with E-state index < -0.39 is 43.7 Å². The zero-order valence-corrected chi connectivity index (χ0v) is 29.6. The van der Waals surface area contributed by atoms with E-state index in [4.69, 9.17) is 9.47 Å². The van der Waals surface area contributed by atoms with E-state index in [2.05, 4.69) is 0 Å². The number of hydrogen-bond donors (Lipinski definition) is 0. The second kappa shape index (κ2) is 16.0. The van der Waals surface area contributed by atoms with Crippen LogP contribution in [0.1, 0.15) is 67.1 Å². The quantitative estimate of drug-likeness (QED) is 0.120. The van der Waals surface area contributed by atoms with Crippen LogP contribution in [0.5, 0.6) is 0 Å². The van der Waals surface area contributed by atoms with Gasteiger partial charge in [0.1, 0.15) is 5.82 Å². The number of aryl methyl sites for hydroxylation is 2. The average Bonchev–Trinajstić information content (AvgIpc) is 3.50. The maximum Gasteiger partial charge on any atom is 0.338 e. The van der Waals surface area contributed by atoms with E-state index in [9.17, 15) is 35.5 Å². The molecular formula is C33H41N4O10S2-. The summed E-state index contributed by atoms with van der Waals surface area (Å²) in [5, 5.41) is 0. The van der Waals surface area contributed by atoms with E-state index in [1.54, 1.807) is 56.3 Å². The minimum absolute atomic E-state index is 0.0447. The van der Waals surface area contributed by atoms with Crippen molar-refractivity contribution in [1.29, 1.82) is 0 Å². The summed E-state index contributed by atoms with van der Waals surface area (Å²) in [6.45, 7) is 9.10. The number of carbonyl (C=O) groups is 2. The smallest absolute Gasteiger partial charge is 0.338 e. The predicted octanol–water partition coefficient (Wildman–Crippen LogP) is 3.37. The van der Waals surface area contributed by atoms with Crippen molar-refractivity contribution in [3.63, 3.8) is 0 Å². The molecule has 4 rings (SSSR count). The second-order valence-electron chi connectivity index (χ2n) is 11.1. The number of fused-ring (bicyclic) bond motifs is 2. The Morgan fingerprint density at radius 2 is 1.39 bits per heavy atom. The topological polar surface area (TPSA) is 182 Å². The van der Waals surface area contributed by atoms with Gasteiger partial charge in [-0.2, -0.15) is 0 Å². The molecule has 266 valence electrons. The lowest BCUT2D eigenvalue weighted by atomic mass is 10.1. The van der Waals surface area contributed by atoms with E-state index in [1.165, 1.54) is 0 Å². The molecule has 14 nitrogen and oxygen atoms in total. The first-order valence-electron chi connectivity index (χ1n) is 16.1. The van der Waals surface area contributed by atoms with Crippen LogP contribution in [0.15, 0.2) is 54.4 Å². The molecule has 1 aromatic heterocycles. The first kappa shape index (κ1) is 37.6. The molecule has 1 aliphatic rings. The van der Waals surface area contributed by atoms with E-state index in [0.29, 0.717) is 47.1 Å². The fourth-order valence-corrected chi connectivity index (χ4v) is 6.88.